The van der Waals surface area contributed by atoms with Crippen molar-refractivity contribution in [2.45, 2.75) is 11.8 Å². The molecule has 1 rings (SSSR count). The maximum Gasteiger partial charge on any atom is 0.330 e. The van der Waals surface area contributed by atoms with Crippen molar-refractivity contribution < 1.29 is 13.9 Å². The standard InChI is InChI=1S/C12H14FNO2S/c1-2-16-12(15)4-3-7-17-11-6-5-9(13)8-10(11)14/h3-6,8H,2,7,14H2,1H3/b4-3+. The van der Waals surface area contributed by atoms with Gasteiger partial charge in [0.2, 0.25) is 0 Å². The maximum atomic E-state index is 12.8. The highest BCUT2D eigenvalue weighted by atomic mass is 32.2. The van der Waals surface area contributed by atoms with Gasteiger partial charge in [0.25, 0.3) is 0 Å². The zero-order chi connectivity index (χ0) is 12.7. The highest BCUT2D eigenvalue weighted by Crippen LogP contribution is 2.25. The Morgan fingerprint density at radius 3 is 3.00 bits per heavy atom. The summed E-state index contributed by atoms with van der Waals surface area (Å²) in [7, 11) is 0. The van der Waals surface area contributed by atoms with E-state index in [0.29, 0.717) is 18.0 Å². The zero-order valence-corrected chi connectivity index (χ0v) is 10.3. The summed E-state index contributed by atoms with van der Waals surface area (Å²) in [5, 5.41) is 0. The quantitative estimate of drug-likeness (QED) is 0.380. The van der Waals surface area contributed by atoms with E-state index in [2.05, 4.69) is 0 Å². The van der Waals surface area contributed by atoms with E-state index in [1.807, 2.05) is 0 Å². The monoisotopic (exact) mass is 255 g/mol. The number of halogens is 1. The topological polar surface area (TPSA) is 52.3 Å². The normalized spacial score (nSPS) is 10.7. The third-order valence-electron chi connectivity index (χ3n) is 1.85. The molecule has 1 aromatic carbocycles. The summed E-state index contributed by atoms with van der Waals surface area (Å²) in [6.45, 7) is 2.11. The Balaban J connectivity index is 2.43. The molecule has 5 heteroatoms. The molecule has 0 amide bonds. The van der Waals surface area contributed by atoms with Crippen LogP contribution >= 0.6 is 11.8 Å². The molecule has 0 radical (unpaired) electrons. The van der Waals surface area contributed by atoms with Gasteiger partial charge in [-0.1, -0.05) is 6.08 Å². The predicted octanol–water partition coefficient (Wildman–Crippen LogP) is 2.62. The Labute approximate surface area is 104 Å². The van der Waals surface area contributed by atoms with Gasteiger partial charge in [-0.05, 0) is 25.1 Å². The maximum absolute atomic E-state index is 12.8. The Hall–Kier alpha value is -1.49. The van der Waals surface area contributed by atoms with E-state index >= 15 is 0 Å². The Kier molecular flexibility index (Phi) is 5.56. The van der Waals surface area contributed by atoms with Crippen LogP contribution < -0.4 is 5.73 Å². The number of nitrogen functional groups attached to an aromatic ring is 1. The van der Waals surface area contributed by atoms with Crippen LogP contribution in [0.15, 0.2) is 35.2 Å². The molecular formula is C12H14FNO2S. The fourth-order valence-corrected chi connectivity index (χ4v) is 1.89. The third kappa shape index (κ3) is 4.91. The lowest BCUT2D eigenvalue weighted by atomic mass is 10.3. The number of nitrogens with two attached hydrogens (primary N) is 1. The minimum atomic E-state index is -0.361. The molecule has 0 aliphatic heterocycles. The summed E-state index contributed by atoms with van der Waals surface area (Å²) < 4.78 is 17.5. The van der Waals surface area contributed by atoms with Crippen molar-refractivity contribution in [2.24, 2.45) is 0 Å². The van der Waals surface area contributed by atoms with E-state index in [1.54, 1.807) is 19.1 Å². The number of hydrogen-bond acceptors (Lipinski definition) is 4. The summed E-state index contributed by atoms with van der Waals surface area (Å²) in [5.41, 5.74) is 6.04. The minimum absolute atomic E-state index is 0.353. The van der Waals surface area contributed by atoms with Crippen LogP contribution in [-0.4, -0.2) is 18.3 Å². The number of carbonyl (C=O) groups is 1. The fourth-order valence-electron chi connectivity index (χ4n) is 1.12. The Morgan fingerprint density at radius 1 is 1.59 bits per heavy atom. The molecule has 0 saturated heterocycles. The zero-order valence-electron chi connectivity index (χ0n) is 9.48. The first-order chi connectivity index (χ1) is 8.13. The van der Waals surface area contributed by atoms with Crippen molar-refractivity contribution >= 4 is 23.4 Å². The van der Waals surface area contributed by atoms with Gasteiger partial charge in [0.15, 0.2) is 0 Å². The molecule has 0 aromatic heterocycles. The van der Waals surface area contributed by atoms with Crippen molar-refractivity contribution in [1.29, 1.82) is 0 Å². The molecule has 0 bridgehead atoms. The Bertz CT molecular complexity index is 421. The van der Waals surface area contributed by atoms with Gasteiger partial charge in [0.1, 0.15) is 5.82 Å². The smallest absolute Gasteiger partial charge is 0.330 e. The molecule has 0 fully saturated rings. The molecule has 2 N–H and O–H groups in total. The van der Waals surface area contributed by atoms with Gasteiger partial charge in [-0.2, -0.15) is 0 Å². The first kappa shape index (κ1) is 13.6. The number of anilines is 1. The Morgan fingerprint density at radius 2 is 2.35 bits per heavy atom. The molecule has 92 valence electrons. The summed E-state index contributed by atoms with van der Waals surface area (Å²) >= 11 is 1.43. The SMILES string of the molecule is CCOC(=O)/C=C/CSc1ccc(F)cc1N. The molecule has 0 unspecified atom stereocenters. The van der Waals surface area contributed by atoms with E-state index < -0.39 is 0 Å². The highest BCUT2D eigenvalue weighted by Gasteiger charge is 2.00. The largest absolute Gasteiger partial charge is 0.463 e. The average Bonchev–Trinajstić information content (AvgIpc) is 2.27. The van der Waals surface area contributed by atoms with Gasteiger partial charge in [0, 0.05) is 22.4 Å². The molecule has 0 spiro atoms. The van der Waals surface area contributed by atoms with E-state index in [0.717, 1.165) is 4.90 Å². The molecule has 0 heterocycles. The summed E-state index contributed by atoms with van der Waals surface area (Å²) in [6.07, 6.45) is 3.06. The number of benzene rings is 1. The van der Waals surface area contributed by atoms with Crippen molar-refractivity contribution in [3.63, 3.8) is 0 Å². The molecule has 0 aliphatic rings. The van der Waals surface area contributed by atoms with Crippen molar-refractivity contribution in [3.8, 4) is 0 Å². The molecule has 1 aromatic rings. The van der Waals surface area contributed by atoms with Crippen LogP contribution in [0.1, 0.15) is 6.92 Å². The van der Waals surface area contributed by atoms with Crippen molar-refractivity contribution in [3.05, 3.63) is 36.2 Å². The number of ether oxygens (including phenoxy) is 1. The van der Waals surface area contributed by atoms with Gasteiger partial charge in [-0.25, -0.2) is 9.18 Å². The van der Waals surface area contributed by atoms with Gasteiger partial charge in [-0.3, -0.25) is 0 Å². The molecule has 3 nitrogen and oxygen atoms in total. The highest BCUT2D eigenvalue weighted by molar-refractivity contribution is 7.99. The van der Waals surface area contributed by atoms with E-state index in [1.165, 1.54) is 30.0 Å². The van der Waals surface area contributed by atoms with Gasteiger partial charge < -0.3 is 10.5 Å². The fraction of sp³-hybridized carbons (Fsp3) is 0.250. The molecule has 0 aliphatic carbocycles. The van der Waals surface area contributed by atoms with E-state index in [4.69, 9.17) is 10.5 Å². The number of hydrogen-bond donors (Lipinski definition) is 1. The van der Waals surface area contributed by atoms with Crippen LogP contribution in [0.25, 0.3) is 0 Å². The first-order valence-corrected chi connectivity index (χ1v) is 6.13. The lowest BCUT2D eigenvalue weighted by Crippen LogP contribution is -1.98. The van der Waals surface area contributed by atoms with E-state index in [9.17, 15) is 9.18 Å². The van der Waals surface area contributed by atoms with Crippen LogP contribution in [0.4, 0.5) is 10.1 Å². The van der Waals surface area contributed by atoms with E-state index in [-0.39, 0.29) is 11.8 Å². The number of carbonyl (C=O) groups excluding carboxylic acids is 1. The first-order valence-electron chi connectivity index (χ1n) is 5.14. The third-order valence-corrected chi connectivity index (χ3v) is 2.89. The van der Waals surface area contributed by atoms with Crippen molar-refractivity contribution in [1.82, 2.24) is 0 Å². The molecule has 0 saturated carbocycles. The second-order valence-corrected chi connectivity index (χ2v) is 4.21. The predicted molar refractivity (Wildman–Crippen MR) is 67.3 cm³/mol. The number of esters is 1. The summed E-state index contributed by atoms with van der Waals surface area (Å²) in [4.78, 5) is 11.8. The lowest BCUT2D eigenvalue weighted by molar-refractivity contribution is -0.137. The summed E-state index contributed by atoms with van der Waals surface area (Å²) in [6, 6.07) is 4.25. The summed E-state index contributed by atoms with van der Waals surface area (Å²) in [5.74, 6) is -0.136. The number of thioether (sulfide) groups is 1. The molecule has 0 atom stereocenters. The molecular weight excluding hydrogens is 241 g/mol. The average molecular weight is 255 g/mol. The van der Waals surface area contributed by atoms with Gasteiger partial charge in [0.05, 0.1) is 6.61 Å². The van der Waals surface area contributed by atoms with Gasteiger partial charge in [-0.15, -0.1) is 11.8 Å². The second kappa shape index (κ2) is 6.96. The van der Waals surface area contributed by atoms with Crippen molar-refractivity contribution in [2.75, 3.05) is 18.1 Å². The van der Waals surface area contributed by atoms with Crippen LogP contribution in [-0.2, 0) is 9.53 Å². The van der Waals surface area contributed by atoms with Crippen LogP contribution in [0, 0.1) is 5.82 Å². The second-order valence-electron chi connectivity index (χ2n) is 3.15. The van der Waals surface area contributed by atoms with Gasteiger partial charge >= 0.3 is 5.97 Å². The number of rotatable bonds is 5. The van der Waals surface area contributed by atoms with Crippen LogP contribution in [0.5, 0.6) is 0 Å². The van der Waals surface area contributed by atoms with Crippen LogP contribution in [0.3, 0.4) is 0 Å². The lowest BCUT2D eigenvalue weighted by Gasteiger charge is -2.02. The minimum Gasteiger partial charge on any atom is -0.463 e. The molecule has 17 heavy (non-hydrogen) atoms. The van der Waals surface area contributed by atoms with Crippen LogP contribution in [0.2, 0.25) is 0 Å².